The molecule has 0 radical (unpaired) electrons. The molecule has 0 unspecified atom stereocenters. The lowest BCUT2D eigenvalue weighted by molar-refractivity contribution is -0.148. The van der Waals surface area contributed by atoms with E-state index in [1.54, 1.807) is 0 Å². The van der Waals surface area contributed by atoms with Gasteiger partial charge < -0.3 is 10.1 Å². The summed E-state index contributed by atoms with van der Waals surface area (Å²) in [5, 5.41) is 2.40. The van der Waals surface area contributed by atoms with E-state index in [-0.39, 0.29) is 5.69 Å². The van der Waals surface area contributed by atoms with Crippen molar-refractivity contribution in [3.63, 3.8) is 0 Å². The van der Waals surface area contributed by atoms with Crippen molar-refractivity contribution < 1.29 is 31.9 Å². The first kappa shape index (κ1) is 20.2. The van der Waals surface area contributed by atoms with Crippen molar-refractivity contribution in [2.24, 2.45) is 0 Å². The van der Waals surface area contributed by atoms with E-state index in [4.69, 9.17) is 4.74 Å². The fourth-order valence-electron chi connectivity index (χ4n) is 2.02. The summed E-state index contributed by atoms with van der Waals surface area (Å²) in [6.45, 7) is 1.33. The number of carbonyl (C=O) groups excluding carboxylic acids is 2. The highest BCUT2D eigenvalue weighted by Gasteiger charge is 2.29. The molecule has 8 heteroatoms. The fourth-order valence-corrected chi connectivity index (χ4v) is 2.02. The van der Waals surface area contributed by atoms with E-state index in [0.717, 1.165) is 24.3 Å². The van der Waals surface area contributed by atoms with E-state index >= 15 is 0 Å². The van der Waals surface area contributed by atoms with Crippen LogP contribution < -0.4 is 5.32 Å². The molecular weight excluding hydrogens is 366 g/mol. The molecule has 142 valence electrons. The molecule has 0 aliphatic carbocycles. The number of amides is 1. The van der Waals surface area contributed by atoms with E-state index < -0.39 is 35.5 Å². The third-order valence-electron chi connectivity index (χ3n) is 3.40. The summed E-state index contributed by atoms with van der Waals surface area (Å²) >= 11 is 0. The number of halogens is 4. The molecule has 0 spiro atoms. The Balaban J connectivity index is 1.90. The summed E-state index contributed by atoms with van der Waals surface area (Å²) < 4.78 is 55.4. The van der Waals surface area contributed by atoms with Gasteiger partial charge in [-0.15, -0.1) is 0 Å². The Labute approximate surface area is 152 Å². The van der Waals surface area contributed by atoms with E-state index in [1.807, 2.05) is 0 Å². The van der Waals surface area contributed by atoms with Crippen LogP contribution in [0, 0.1) is 5.82 Å². The zero-order valence-corrected chi connectivity index (χ0v) is 14.1. The average molecular weight is 381 g/mol. The number of hydrogen-bond donors (Lipinski definition) is 1. The molecule has 0 bridgehead atoms. The predicted octanol–water partition coefficient (Wildman–Crippen LogP) is 4.43. The van der Waals surface area contributed by atoms with Crippen LogP contribution in [0.1, 0.15) is 18.1 Å². The lowest BCUT2D eigenvalue weighted by Gasteiger charge is -2.12. The molecule has 0 saturated heterocycles. The second kappa shape index (κ2) is 8.48. The summed E-state index contributed by atoms with van der Waals surface area (Å²) in [4.78, 5) is 23.7. The molecule has 0 aliphatic rings. The number of nitrogens with one attached hydrogen (secondary N) is 1. The number of ether oxygens (including phenoxy) is 1. The summed E-state index contributed by atoms with van der Waals surface area (Å²) in [5.41, 5.74) is -0.232. The molecule has 0 heterocycles. The molecule has 0 aliphatic heterocycles. The molecule has 2 aromatic carbocycles. The van der Waals surface area contributed by atoms with Crippen LogP contribution in [0.2, 0.25) is 0 Å². The van der Waals surface area contributed by atoms with Gasteiger partial charge in [0.05, 0.1) is 5.56 Å². The third kappa shape index (κ3) is 6.25. The Bertz CT molecular complexity index is 845. The molecule has 1 atom stereocenters. The quantitative estimate of drug-likeness (QED) is 0.474. The van der Waals surface area contributed by atoms with Crippen LogP contribution in [-0.4, -0.2) is 18.0 Å². The molecule has 0 aromatic heterocycles. The van der Waals surface area contributed by atoms with Crippen LogP contribution in [0.15, 0.2) is 54.6 Å². The maximum absolute atomic E-state index is 13.1. The molecular formula is C19H15F4NO3. The largest absolute Gasteiger partial charge is 0.449 e. The Kier molecular flexibility index (Phi) is 6.33. The van der Waals surface area contributed by atoms with E-state index in [2.05, 4.69) is 5.32 Å². The maximum Gasteiger partial charge on any atom is 0.416 e. The Morgan fingerprint density at radius 3 is 2.37 bits per heavy atom. The normalized spacial score (nSPS) is 12.6. The van der Waals surface area contributed by atoms with Crippen molar-refractivity contribution in [1.82, 2.24) is 0 Å². The van der Waals surface area contributed by atoms with Gasteiger partial charge in [0.25, 0.3) is 5.91 Å². The molecule has 2 aromatic rings. The highest BCUT2D eigenvalue weighted by molar-refractivity contribution is 5.96. The molecule has 4 nitrogen and oxygen atoms in total. The van der Waals surface area contributed by atoms with E-state index in [0.29, 0.717) is 5.56 Å². The van der Waals surface area contributed by atoms with E-state index in [1.165, 1.54) is 43.3 Å². The molecule has 2 rings (SSSR count). The first-order valence-corrected chi connectivity index (χ1v) is 7.77. The smallest absolute Gasteiger partial charge is 0.416 e. The van der Waals surface area contributed by atoms with Gasteiger partial charge in [-0.2, -0.15) is 13.2 Å². The van der Waals surface area contributed by atoms with Crippen molar-refractivity contribution in [3.05, 3.63) is 71.6 Å². The number of esters is 1. The third-order valence-corrected chi connectivity index (χ3v) is 3.40. The number of hydrogen-bond acceptors (Lipinski definition) is 3. The topological polar surface area (TPSA) is 55.4 Å². The van der Waals surface area contributed by atoms with Crippen molar-refractivity contribution in [2.75, 3.05) is 5.32 Å². The van der Waals surface area contributed by atoms with Crippen molar-refractivity contribution in [3.8, 4) is 0 Å². The summed E-state index contributed by atoms with van der Waals surface area (Å²) in [5.74, 6) is -2.04. The van der Waals surface area contributed by atoms with Gasteiger partial charge in [0, 0.05) is 11.8 Å². The second-order valence-electron chi connectivity index (χ2n) is 5.53. The Morgan fingerprint density at radius 2 is 1.78 bits per heavy atom. The van der Waals surface area contributed by atoms with Crippen molar-refractivity contribution >= 4 is 23.6 Å². The monoisotopic (exact) mass is 381 g/mol. The van der Waals surface area contributed by atoms with Gasteiger partial charge in [-0.1, -0.05) is 18.2 Å². The first-order valence-electron chi connectivity index (χ1n) is 7.77. The molecule has 0 fully saturated rings. The highest BCUT2D eigenvalue weighted by Crippen LogP contribution is 2.29. The van der Waals surface area contributed by atoms with Crippen molar-refractivity contribution in [1.29, 1.82) is 0 Å². The summed E-state index contributed by atoms with van der Waals surface area (Å²) in [7, 11) is 0. The number of carbonyl (C=O) groups is 2. The number of alkyl halides is 3. The van der Waals surface area contributed by atoms with Gasteiger partial charge in [0.1, 0.15) is 5.82 Å². The van der Waals surface area contributed by atoms with Crippen LogP contribution >= 0.6 is 0 Å². The predicted molar refractivity (Wildman–Crippen MR) is 91.1 cm³/mol. The average Bonchev–Trinajstić information content (AvgIpc) is 2.59. The molecule has 27 heavy (non-hydrogen) atoms. The molecule has 1 N–H and O–H groups in total. The van der Waals surface area contributed by atoms with Crippen LogP contribution in [0.3, 0.4) is 0 Å². The van der Waals surface area contributed by atoms with E-state index in [9.17, 15) is 27.2 Å². The lowest BCUT2D eigenvalue weighted by Crippen LogP contribution is -2.29. The van der Waals surface area contributed by atoms with Gasteiger partial charge >= 0.3 is 12.1 Å². The zero-order valence-electron chi connectivity index (χ0n) is 14.1. The van der Waals surface area contributed by atoms with Gasteiger partial charge in [0.15, 0.2) is 6.10 Å². The Hall–Kier alpha value is -3.16. The summed E-state index contributed by atoms with van der Waals surface area (Å²) in [6, 6.07) is 9.38. The standard InChI is InChI=1S/C19H15F4NO3/c1-12(18(26)24-16-4-2-3-15(20)11-16)27-17(25)10-7-13-5-8-14(9-6-13)19(21,22)23/h2-12H,1H3,(H,24,26)/b10-7+/t12-/m1/s1. The minimum Gasteiger partial charge on any atom is -0.449 e. The van der Waals surface area contributed by atoms with Gasteiger partial charge in [-0.05, 0) is 48.9 Å². The number of benzene rings is 2. The summed E-state index contributed by atoms with van der Waals surface area (Å²) in [6.07, 6.45) is -3.34. The number of rotatable bonds is 5. The second-order valence-corrected chi connectivity index (χ2v) is 5.53. The molecule has 0 saturated carbocycles. The fraction of sp³-hybridized carbons (Fsp3) is 0.158. The maximum atomic E-state index is 13.1. The van der Waals surface area contributed by atoms with Crippen LogP contribution in [0.5, 0.6) is 0 Å². The molecule has 1 amide bonds. The van der Waals surface area contributed by atoms with Gasteiger partial charge in [0.2, 0.25) is 0 Å². The zero-order chi connectivity index (χ0) is 20.0. The first-order chi connectivity index (χ1) is 12.6. The van der Waals surface area contributed by atoms with Gasteiger partial charge in [-0.25, -0.2) is 9.18 Å². The van der Waals surface area contributed by atoms with Gasteiger partial charge in [-0.3, -0.25) is 4.79 Å². The Morgan fingerprint density at radius 1 is 1.11 bits per heavy atom. The number of anilines is 1. The minimum atomic E-state index is -4.44. The lowest BCUT2D eigenvalue weighted by atomic mass is 10.1. The minimum absolute atomic E-state index is 0.211. The highest BCUT2D eigenvalue weighted by atomic mass is 19.4. The van der Waals surface area contributed by atoms with Crippen LogP contribution in [0.25, 0.3) is 6.08 Å². The SMILES string of the molecule is C[C@@H](OC(=O)/C=C/c1ccc(C(F)(F)F)cc1)C(=O)Nc1cccc(F)c1. The van der Waals surface area contributed by atoms with Crippen LogP contribution in [-0.2, 0) is 20.5 Å². The van der Waals surface area contributed by atoms with Crippen LogP contribution in [0.4, 0.5) is 23.2 Å². The van der Waals surface area contributed by atoms with Crippen molar-refractivity contribution in [2.45, 2.75) is 19.2 Å².